The van der Waals surface area contributed by atoms with Crippen LogP contribution in [0.1, 0.15) is 21.9 Å². The lowest BCUT2D eigenvalue weighted by molar-refractivity contribution is -0.139. The minimum atomic E-state index is -0.422. The van der Waals surface area contributed by atoms with Crippen molar-refractivity contribution >= 4 is 34.3 Å². The van der Waals surface area contributed by atoms with Crippen molar-refractivity contribution in [2.75, 3.05) is 7.11 Å². The first kappa shape index (κ1) is 15.3. The molecule has 0 spiro atoms. The first-order valence-electron chi connectivity index (χ1n) is 6.90. The minimum absolute atomic E-state index is 0.0103. The van der Waals surface area contributed by atoms with Gasteiger partial charge in [-0.3, -0.25) is 9.59 Å². The summed E-state index contributed by atoms with van der Waals surface area (Å²) in [5, 5.41) is 1.30. The number of hydrogen-bond donors (Lipinski definition) is 1. The van der Waals surface area contributed by atoms with E-state index in [0.717, 1.165) is 5.39 Å². The Morgan fingerprint density at radius 3 is 2.83 bits per heavy atom. The molecule has 1 aromatic carbocycles. The molecule has 0 radical (unpaired) electrons. The van der Waals surface area contributed by atoms with E-state index in [1.54, 1.807) is 42.2 Å². The predicted octanol–water partition coefficient (Wildman–Crippen LogP) is 2.50. The van der Waals surface area contributed by atoms with Gasteiger partial charge < -0.3 is 14.3 Å². The number of nitrogens with one attached hydrogen (secondary N) is 1. The van der Waals surface area contributed by atoms with Crippen LogP contribution in [0.4, 0.5) is 0 Å². The molecule has 2 heterocycles. The van der Waals surface area contributed by atoms with E-state index in [0.29, 0.717) is 21.8 Å². The number of aromatic amines is 1. The second-order valence-corrected chi connectivity index (χ2v) is 5.55. The molecule has 1 N–H and O–H groups in total. The zero-order chi connectivity index (χ0) is 16.6. The van der Waals surface area contributed by atoms with E-state index in [1.165, 1.54) is 7.11 Å². The van der Waals surface area contributed by atoms with Gasteiger partial charge in [-0.05, 0) is 12.1 Å². The smallest absolute Gasteiger partial charge is 0.310 e. The molecule has 0 aliphatic heterocycles. The van der Waals surface area contributed by atoms with Crippen molar-refractivity contribution < 1.29 is 14.3 Å². The van der Waals surface area contributed by atoms with Gasteiger partial charge in [0.1, 0.15) is 0 Å². The van der Waals surface area contributed by atoms with Crippen LogP contribution in [0.25, 0.3) is 10.9 Å². The number of imidazole rings is 1. The summed E-state index contributed by atoms with van der Waals surface area (Å²) in [5.74, 6) is -0.424. The highest BCUT2D eigenvalue weighted by Crippen LogP contribution is 2.27. The third-order valence-electron chi connectivity index (χ3n) is 3.67. The Morgan fingerprint density at radius 1 is 1.39 bits per heavy atom. The molecule has 3 aromatic rings. The number of aromatic nitrogens is 3. The van der Waals surface area contributed by atoms with E-state index in [1.807, 2.05) is 0 Å². The Bertz CT molecular complexity index is 911. The number of ketones is 1. The highest BCUT2D eigenvalue weighted by molar-refractivity contribution is 6.31. The molecule has 2 aromatic heterocycles. The summed E-state index contributed by atoms with van der Waals surface area (Å²) in [6.45, 7) is 0. The van der Waals surface area contributed by atoms with Crippen LogP contribution in [-0.2, 0) is 23.0 Å². The lowest BCUT2D eigenvalue weighted by atomic mass is 10.0. The van der Waals surface area contributed by atoms with Gasteiger partial charge >= 0.3 is 5.97 Å². The molecule has 118 valence electrons. The molecular weight excluding hydrogens is 318 g/mol. The summed E-state index contributed by atoms with van der Waals surface area (Å²) >= 11 is 6.00. The zero-order valence-corrected chi connectivity index (χ0v) is 13.3. The molecule has 23 heavy (non-hydrogen) atoms. The maximum Gasteiger partial charge on any atom is 0.310 e. The highest BCUT2D eigenvalue weighted by Gasteiger charge is 2.23. The Kier molecular flexibility index (Phi) is 3.92. The minimum Gasteiger partial charge on any atom is -0.469 e. The molecule has 0 aliphatic carbocycles. The number of benzene rings is 1. The van der Waals surface area contributed by atoms with E-state index in [9.17, 15) is 9.59 Å². The number of aryl methyl sites for hydroxylation is 1. The standard InChI is InChI=1S/C16H14ClN3O3/c1-20-6-5-18-16(20)15(22)14-11(8-13(21)23-2)10-4-3-9(17)7-12(10)19-14/h3-7,19H,8H2,1-2H3. The van der Waals surface area contributed by atoms with Crippen molar-refractivity contribution in [3.8, 4) is 0 Å². The quantitative estimate of drug-likeness (QED) is 0.588. The van der Waals surface area contributed by atoms with Gasteiger partial charge in [-0.25, -0.2) is 4.98 Å². The molecule has 0 unspecified atom stereocenters. The van der Waals surface area contributed by atoms with Gasteiger partial charge in [-0.15, -0.1) is 0 Å². The molecule has 0 fully saturated rings. The molecule has 7 heteroatoms. The van der Waals surface area contributed by atoms with Crippen LogP contribution in [0.2, 0.25) is 5.02 Å². The first-order valence-corrected chi connectivity index (χ1v) is 7.28. The van der Waals surface area contributed by atoms with Gasteiger partial charge in [0.15, 0.2) is 5.82 Å². The Balaban J connectivity index is 2.18. The van der Waals surface area contributed by atoms with Gasteiger partial charge in [-0.2, -0.15) is 0 Å². The van der Waals surface area contributed by atoms with E-state index >= 15 is 0 Å². The molecular formula is C16H14ClN3O3. The Labute approximate surface area is 137 Å². The molecule has 0 saturated heterocycles. The fourth-order valence-corrected chi connectivity index (χ4v) is 2.69. The van der Waals surface area contributed by atoms with E-state index in [2.05, 4.69) is 9.97 Å². The summed E-state index contributed by atoms with van der Waals surface area (Å²) in [7, 11) is 3.05. The number of esters is 1. The molecule has 6 nitrogen and oxygen atoms in total. The number of ether oxygens (including phenoxy) is 1. The van der Waals surface area contributed by atoms with Crippen molar-refractivity contribution in [2.24, 2.45) is 7.05 Å². The summed E-state index contributed by atoms with van der Waals surface area (Å²) in [6.07, 6.45) is 3.23. The van der Waals surface area contributed by atoms with E-state index < -0.39 is 5.97 Å². The fourth-order valence-electron chi connectivity index (χ4n) is 2.52. The molecule has 0 saturated carbocycles. The summed E-state index contributed by atoms with van der Waals surface area (Å²) in [4.78, 5) is 31.6. The number of fused-ring (bicyclic) bond motifs is 1. The normalized spacial score (nSPS) is 10.9. The Morgan fingerprint density at radius 2 is 2.17 bits per heavy atom. The van der Waals surface area contributed by atoms with Crippen LogP contribution in [0.5, 0.6) is 0 Å². The Hall–Kier alpha value is -2.60. The van der Waals surface area contributed by atoms with Crippen molar-refractivity contribution in [3.05, 3.63) is 52.7 Å². The summed E-state index contributed by atoms with van der Waals surface area (Å²) in [6, 6.07) is 5.21. The van der Waals surface area contributed by atoms with Gasteiger partial charge in [0, 0.05) is 40.9 Å². The van der Waals surface area contributed by atoms with E-state index in [-0.39, 0.29) is 18.0 Å². The van der Waals surface area contributed by atoms with Gasteiger partial charge in [0.05, 0.1) is 19.2 Å². The predicted molar refractivity (Wildman–Crippen MR) is 85.7 cm³/mol. The van der Waals surface area contributed by atoms with Crippen LogP contribution in [-0.4, -0.2) is 33.4 Å². The van der Waals surface area contributed by atoms with Crippen molar-refractivity contribution in [1.29, 1.82) is 0 Å². The van der Waals surface area contributed by atoms with Gasteiger partial charge in [-0.1, -0.05) is 17.7 Å². The topological polar surface area (TPSA) is 77.0 Å². The number of carbonyl (C=O) groups excluding carboxylic acids is 2. The van der Waals surface area contributed by atoms with Crippen molar-refractivity contribution in [3.63, 3.8) is 0 Å². The molecule has 3 rings (SSSR count). The maximum atomic E-state index is 12.8. The van der Waals surface area contributed by atoms with Crippen LogP contribution in [0, 0.1) is 0 Å². The maximum absolute atomic E-state index is 12.8. The van der Waals surface area contributed by atoms with Crippen LogP contribution < -0.4 is 0 Å². The third kappa shape index (κ3) is 2.73. The zero-order valence-electron chi connectivity index (χ0n) is 12.6. The van der Waals surface area contributed by atoms with Crippen LogP contribution in [0.15, 0.2) is 30.6 Å². The average molecular weight is 332 g/mol. The van der Waals surface area contributed by atoms with Crippen molar-refractivity contribution in [1.82, 2.24) is 14.5 Å². The molecule has 0 aliphatic rings. The fraction of sp³-hybridized carbons (Fsp3) is 0.188. The SMILES string of the molecule is COC(=O)Cc1c(C(=O)c2nccn2C)[nH]c2cc(Cl)ccc12. The lowest BCUT2D eigenvalue weighted by Crippen LogP contribution is -2.13. The number of H-pyrrole nitrogens is 1. The number of halogens is 1. The van der Waals surface area contributed by atoms with E-state index in [4.69, 9.17) is 16.3 Å². The highest BCUT2D eigenvalue weighted by atomic mass is 35.5. The van der Waals surface area contributed by atoms with Crippen LogP contribution in [0.3, 0.4) is 0 Å². The number of carbonyl (C=O) groups is 2. The lowest BCUT2D eigenvalue weighted by Gasteiger charge is -2.04. The first-order chi connectivity index (χ1) is 11.0. The third-order valence-corrected chi connectivity index (χ3v) is 3.90. The molecule has 0 atom stereocenters. The van der Waals surface area contributed by atoms with Gasteiger partial charge in [0.25, 0.3) is 0 Å². The monoisotopic (exact) mass is 331 g/mol. The largest absolute Gasteiger partial charge is 0.469 e. The molecule has 0 amide bonds. The number of hydrogen-bond acceptors (Lipinski definition) is 4. The number of rotatable bonds is 4. The molecule has 0 bridgehead atoms. The second kappa shape index (κ2) is 5.89. The summed E-state index contributed by atoms with van der Waals surface area (Å²) < 4.78 is 6.36. The van der Waals surface area contributed by atoms with Crippen molar-refractivity contribution in [2.45, 2.75) is 6.42 Å². The summed E-state index contributed by atoms with van der Waals surface area (Å²) in [5.41, 5.74) is 1.59. The number of methoxy groups -OCH3 is 1. The number of nitrogens with zero attached hydrogens (tertiary/aromatic N) is 2. The van der Waals surface area contributed by atoms with Gasteiger partial charge in [0.2, 0.25) is 5.78 Å². The van der Waals surface area contributed by atoms with Crippen LogP contribution >= 0.6 is 11.6 Å². The average Bonchev–Trinajstić information content (AvgIpc) is 3.10. The second-order valence-electron chi connectivity index (χ2n) is 5.11.